The highest BCUT2D eigenvalue weighted by atomic mass is 16.5. The van der Waals surface area contributed by atoms with Gasteiger partial charge in [-0.2, -0.15) is 0 Å². The van der Waals surface area contributed by atoms with Crippen molar-refractivity contribution in [3.8, 4) is 11.5 Å². The molecule has 3 rings (SSSR count). The molecule has 1 fully saturated rings. The van der Waals surface area contributed by atoms with Crippen molar-refractivity contribution in [1.82, 2.24) is 0 Å². The molecular weight excluding hydrogens is 290 g/mol. The zero-order chi connectivity index (χ0) is 15.9. The van der Waals surface area contributed by atoms with Crippen LogP contribution in [0.15, 0.2) is 48.5 Å². The number of anilines is 1. The van der Waals surface area contributed by atoms with Crippen LogP contribution in [0.1, 0.15) is 18.4 Å². The molecule has 1 saturated heterocycles. The highest BCUT2D eigenvalue weighted by Crippen LogP contribution is 2.20. The quantitative estimate of drug-likeness (QED) is 0.842. The summed E-state index contributed by atoms with van der Waals surface area (Å²) < 4.78 is 16.6. The molecule has 2 aromatic rings. The highest BCUT2D eigenvalue weighted by molar-refractivity contribution is 5.48. The molecule has 1 unspecified atom stereocenters. The van der Waals surface area contributed by atoms with Gasteiger partial charge in [-0.05, 0) is 42.7 Å². The zero-order valence-electron chi connectivity index (χ0n) is 13.5. The maximum Gasteiger partial charge on any atom is 0.121 e. The van der Waals surface area contributed by atoms with E-state index in [0.717, 1.165) is 43.2 Å². The normalized spacial score (nSPS) is 17.0. The van der Waals surface area contributed by atoms with Crippen molar-refractivity contribution >= 4 is 5.69 Å². The Bertz CT molecular complexity index is 606. The monoisotopic (exact) mass is 313 g/mol. The number of hydrogen-bond donors (Lipinski definition) is 1. The third-order valence-electron chi connectivity index (χ3n) is 3.95. The van der Waals surface area contributed by atoms with Crippen molar-refractivity contribution in [3.05, 3.63) is 54.1 Å². The number of rotatable bonds is 7. The lowest BCUT2D eigenvalue weighted by molar-refractivity contribution is 0.0680. The molecule has 1 heterocycles. The third-order valence-corrected chi connectivity index (χ3v) is 3.95. The van der Waals surface area contributed by atoms with Gasteiger partial charge in [0, 0.05) is 24.9 Å². The fraction of sp³-hybridized carbons (Fsp3) is 0.368. The minimum Gasteiger partial charge on any atom is -0.497 e. The van der Waals surface area contributed by atoms with E-state index in [1.807, 2.05) is 36.4 Å². The Hall–Kier alpha value is -2.20. The smallest absolute Gasteiger partial charge is 0.121 e. The molecule has 0 spiro atoms. The molecule has 0 aliphatic carbocycles. The summed E-state index contributed by atoms with van der Waals surface area (Å²) in [6.45, 7) is 2.25. The van der Waals surface area contributed by atoms with Crippen molar-refractivity contribution in [2.24, 2.45) is 0 Å². The molecule has 122 valence electrons. The Morgan fingerprint density at radius 2 is 2.00 bits per heavy atom. The van der Waals surface area contributed by atoms with Gasteiger partial charge in [-0.25, -0.2) is 0 Å². The van der Waals surface area contributed by atoms with Crippen LogP contribution >= 0.6 is 0 Å². The van der Waals surface area contributed by atoms with E-state index in [-0.39, 0.29) is 6.10 Å². The molecule has 4 nitrogen and oxygen atoms in total. The number of hydrogen-bond acceptors (Lipinski definition) is 4. The van der Waals surface area contributed by atoms with Crippen LogP contribution in [0, 0.1) is 0 Å². The largest absolute Gasteiger partial charge is 0.497 e. The molecule has 1 N–H and O–H groups in total. The molecule has 0 amide bonds. The van der Waals surface area contributed by atoms with Crippen LogP contribution in [0.2, 0.25) is 0 Å². The first-order valence-electron chi connectivity index (χ1n) is 8.05. The van der Waals surface area contributed by atoms with Crippen molar-refractivity contribution in [3.63, 3.8) is 0 Å². The van der Waals surface area contributed by atoms with Crippen LogP contribution in [-0.2, 0) is 11.3 Å². The van der Waals surface area contributed by atoms with E-state index >= 15 is 0 Å². The van der Waals surface area contributed by atoms with Crippen molar-refractivity contribution < 1.29 is 14.2 Å². The van der Waals surface area contributed by atoms with E-state index in [1.54, 1.807) is 7.11 Å². The molecule has 0 aromatic heterocycles. The summed E-state index contributed by atoms with van der Waals surface area (Å²) in [6.07, 6.45) is 2.47. The zero-order valence-corrected chi connectivity index (χ0v) is 13.5. The second-order valence-corrected chi connectivity index (χ2v) is 5.68. The van der Waals surface area contributed by atoms with Gasteiger partial charge >= 0.3 is 0 Å². The van der Waals surface area contributed by atoms with Gasteiger partial charge in [0.2, 0.25) is 0 Å². The molecule has 23 heavy (non-hydrogen) atoms. The summed E-state index contributed by atoms with van der Waals surface area (Å²) in [5.74, 6) is 1.75. The molecule has 0 radical (unpaired) electrons. The Labute approximate surface area is 137 Å². The Morgan fingerprint density at radius 3 is 2.74 bits per heavy atom. The summed E-state index contributed by atoms with van der Waals surface area (Å²) >= 11 is 0. The number of benzene rings is 2. The molecule has 0 bridgehead atoms. The minimum atomic E-state index is 0.242. The summed E-state index contributed by atoms with van der Waals surface area (Å²) in [4.78, 5) is 0. The predicted molar refractivity (Wildman–Crippen MR) is 91.2 cm³/mol. The molecule has 0 saturated carbocycles. The SMILES string of the molecule is COc1ccc(CNc2cccc(OCC3CCCO3)c2)cc1. The summed E-state index contributed by atoms with van der Waals surface area (Å²) in [6, 6.07) is 16.1. The molecule has 1 aliphatic heterocycles. The third kappa shape index (κ3) is 4.63. The van der Waals surface area contributed by atoms with Gasteiger partial charge in [-0.1, -0.05) is 18.2 Å². The van der Waals surface area contributed by atoms with Gasteiger partial charge in [0.05, 0.1) is 13.2 Å². The van der Waals surface area contributed by atoms with Crippen LogP contribution < -0.4 is 14.8 Å². The van der Waals surface area contributed by atoms with Crippen LogP contribution in [0.5, 0.6) is 11.5 Å². The van der Waals surface area contributed by atoms with Gasteiger partial charge in [0.15, 0.2) is 0 Å². The lowest BCUT2D eigenvalue weighted by Crippen LogP contribution is -2.16. The maximum absolute atomic E-state index is 5.83. The van der Waals surface area contributed by atoms with Gasteiger partial charge in [-0.3, -0.25) is 0 Å². The molecule has 2 aromatic carbocycles. The van der Waals surface area contributed by atoms with E-state index in [4.69, 9.17) is 14.2 Å². The predicted octanol–water partition coefficient (Wildman–Crippen LogP) is 3.87. The first-order valence-corrected chi connectivity index (χ1v) is 8.05. The minimum absolute atomic E-state index is 0.242. The number of nitrogens with one attached hydrogen (secondary N) is 1. The van der Waals surface area contributed by atoms with Crippen molar-refractivity contribution in [2.45, 2.75) is 25.5 Å². The highest BCUT2D eigenvalue weighted by Gasteiger charge is 2.15. The van der Waals surface area contributed by atoms with E-state index < -0.39 is 0 Å². The average molecular weight is 313 g/mol. The van der Waals surface area contributed by atoms with Gasteiger partial charge in [-0.15, -0.1) is 0 Å². The first kappa shape index (κ1) is 15.7. The summed E-state index contributed by atoms with van der Waals surface area (Å²) in [7, 11) is 1.68. The topological polar surface area (TPSA) is 39.7 Å². The lowest BCUT2D eigenvalue weighted by atomic mass is 10.2. The van der Waals surface area contributed by atoms with Crippen molar-refractivity contribution in [2.75, 3.05) is 25.6 Å². The second kappa shape index (κ2) is 7.88. The van der Waals surface area contributed by atoms with Crippen molar-refractivity contribution in [1.29, 1.82) is 0 Å². The van der Waals surface area contributed by atoms with E-state index in [0.29, 0.717) is 6.61 Å². The fourth-order valence-electron chi connectivity index (χ4n) is 2.61. The molecule has 1 atom stereocenters. The van der Waals surface area contributed by atoms with Gasteiger partial charge in [0.1, 0.15) is 18.1 Å². The lowest BCUT2D eigenvalue weighted by Gasteiger charge is -2.13. The average Bonchev–Trinajstić information content (AvgIpc) is 3.12. The Balaban J connectivity index is 1.51. The number of ether oxygens (including phenoxy) is 3. The van der Waals surface area contributed by atoms with Gasteiger partial charge in [0.25, 0.3) is 0 Å². The Kier molecular flexibility index (Phi) is 5.37. The fourth-order valence-corrected chi connectivity index (χ4v) is 2.61. The van der Waals surface area contributed by atoms with E-state index in [9.17, 15) is 0 Å². The standard InChI is InChI=1S/C19H23NO3/c1-21-17-9-7-15(8-10-17)13-20-16-4-2-5-18(12-16)23-14-19-6-3-11-22-19/h2,4-5,7-10,12,19-20H,3,6,11,13-14H2,1H3. The summed E-state index contributed by atoms with van der Waals surface area (Å²) in [5.41, 5.74) is 2.25. The number of methoxy groups -OCH3 is 1. The summed E-state index contributed by atoms with van der Waals surface area (Å²) in [5, 5.41) is 3.41. The Morgan fingerprint density at radius 1 is 1.13 bits per heavy atom. The maximum atomic E-state index is 5.83. The molecule has 1 aliphatic rings. The van der Waals surface area contributed by atoms with Crippen LogP contribution in [0.3, 0.4) is 0 Å². The van der Waals surface area contributed by atoms with Gasteiger partial charge < -0.3 is 19.5 Å². The van der Waals surface area contributed by atoms with Crippen LogP contribution in [0.4, 0.5) is 5.69 Å². The first-order chi connectivity index (χ1) is 11.3. The van der Waals surface area contributed by atoms with E-state index in [2.05, 4.69) is 17.4 Å². The molecular formula is C19H23NO3. The second-order valence-electron chi connectivity index (χ2n) is 5.68. The van der Waals surface area contributed by atoms with Crippen LogP contribution in [-0.4, -0.2) is 26.4 Å². The van der Waals surface area contributed by atoms with Crippen LogP contribution in [0.25, 0.3) is 0 Å². The van der Waals surface area contributed by atoms with E-state index in [1.165, 1.54) is 5.56 Å². The molecule has 4 heteroatoms.